The third-order valence-electron chi connectivity index (χ3n) is 14.2. The van der Waals surface area contributed by atoms with E-state index in [9.17, 15) is 33.6 Å². The highest BCUT2D eigenvalue weighted by Gasteiger charge is 2.49. The van der Waals surface area contributed by atoms with Crippen molar-refractivity contribution >= 4 is 47.0 Å². The Bertz CT molecular complexity index is 1840. The number of hydrogen-bond acceptors (Lipinski definition) is 10. The Morgan fingerprint density at radius 2 is 1.54 bits per heavy atom. The van der Waals surface area contributed by atoms with E-state index in [2.05, 4.69) is 20.9 Å². The van der Waals surface area contributed by atoms with Crippen LogP contribution in [-0.4, -0.2) is 144 Å². The lowest BCUT2D eigenvalue weighted by Crippen LogP contribution is -2.60. The summed E-state index contributed by atoms with van der Waals surface area (Å²) in [6.07, 6.45) is 6.63. The summed E-state index contributed by atoms with van der Waals surface area (Å²) in [4.78, 5) is 100. The molecule has 3 heterocycles. The number of rotatable bonds is 21. The first-order chi connectivity index (χ1) is 29.9. The summed E-state index contributed by atoms with van der Waals surface area (Å²) in [5.41, 5.74) is 1.20. The number of anilines is 1. The SMILES string of the molecule is CC[C@H](NC(=O)[C@H](C)[C@@H](OC)[C@@H]1CCCN1C(=O)C[C@@H](OC)[C@H]([C@@H](C)CC)N(C)C(=O)[C@@H](NC(=O)[C@@H]1[C@H]2CC[C@H](C2)N1C)C(C)C)C(=O)Nc1ccc(CN2C(=O)C=CC2=O)cc1. The van der Waals surface area contributed by atoms with Crippen LogP contribution in [0.15, 0.2) is 36.4 Å². The number of likely N-dealkylation sites (N-methyl/N-ethyl adjacent to an activating group) is 2. The van der Waals surface area contributed by atoms with E-state index in [0.717, 1.165) is 30.6 Å². The van der Waals surface area contributed by atoms with Crippen molar-refractivity contribution in [1.29, 1.82) is 0 Å². The molecule has 4 aliphatic rings. The first-order valence-corrected chi connectivity index (χ1v) is 22.8. The van der Waals surface area contributed by atoms with E-state index in [0.29, 0.717) is 49.0 Å². The number of piperidine rings is 1. The predicted octanol–water partition coefficient (Wildman–Crippen LogP) is 3.49. The van der Waals surface area contributed by atoms with E-state index in [4.69, 9.17) is 9.47 Å². The number of ether oxygens (including phenoxy) is 2. The van der Waals surface area contributed by atoms with Gasteiger partial charge in [0.2, 0.25) is 29.5 Å². The van der Waals surface area contributed by atoms with Crippen molar-refractivity contribution in [3.8, 4) is 0 Å². The molecule has 1 aromatic rings. The van der Waals surface area contributed by atoms with Gasteiger partial charge in [-0.15, -0.1) is 0 Å². The number of carbonyl (C=O) groups is 7. The molecule has 0 aromatic heterocycles. The van der Waals surface area contributed by atoms with E-state index in [1.165, 1.54) is 19.3 Å². The standard InChI is InChI=1S/C47H71N7O9/c1-11-28(5)41(52(8)47(61)40(27(3)4)50-46(60)42-31-17-20-33(24-31)51(42)7)36(62-9)25-39(57)53-23-13-14-35(53)43(63-10)29(6)44(58)49-34(12-2)45(59)48-32-18-15-30(16-19-32)26-54-37(55)21-22-38(54)56/h15-16,18-19,21-22,27-29,31,33-36,40-43H,11-14,17,20,23-26H2,1-10H3,(H,48,59)(H,49,58)(H,50,60)/t28-,29+,31-,33+,34-,35-,36+,40-,41-,42-,43+/m0/s1. The van der Waals surface area contributed by atoms with Gasteiger partial charge in [0, 0.05) is 51.7 Å². The van der Waals surface area contributed by atoms with Crippen molar-refractivity contribution in [1.82, 2.24) is 30.2 Å². The van der Waals surface area contributed by atoms with Crippen molar-refractivity contribution in [2.75, 3.05) is 40.2 Å². The molecule has 63 heavy (non-hydrogen) atoms. The van der Waals surface area contributed by atoms with Crippen LogP contribution in [0.3, 0.4) is 0 Å². The highest BCUT2D eigenvalue weighted by molar-refractivity contribution is 6.12. The summed E-state index contributed by atoms with van der Waals surface area (Å²) in [6.45, 7) is 12.1. The summed E-state index contributed by atoms with van der Waals surface area (Å²) >= 11 is 0. The molecule has 3 aliphatic heterocycles. The quantitative estimate of drug-likeness (QED) is 0.155. The van der Waals surface area contributed by atoms with Crippen LogP contribution in [0, 0.1) is 23.7 Å². The van der Waals surface area contributed by atoms with Crippen LogP contribution in [-0.2, 0) is 49.6 Å². The molecule has 16 heteroatoms. The van der Waals surface area contributed by atoms with Gasteiger partial charge in [0.05, 0.1) is 49.2 Å². The second-order valence-corrected chi connectivity index (χ2v) is 18.4. The normalized spacial score (nSPS) is 24.2. The number of nitrogens with one attached hydrogen (secondary N) is 3. The maximum Gasteiger partial charge on any atom is 0.253 e. The van der Waals surface area contributed by atoms with Crippen LogP contribution in [0.25, 0.3) is 0 Å². The number of methoxy groups -OCH3 is 2. The van der Waals surface area contributed by atoms with Gasteiger partial charge in [-0.1, -0.05) is 60.1 Å². The van der Waals surface area contributed by atoms with Gasteiger partial charge in [-0.3, -0.25) is 43.4 Å². The zero-order valence-electron chi connectivity index (χ0n) is 38.9. The molecule has 5 rings (SSSR count). The summed E-state index contributed by atoms with van der Waals surface area (Å²) in [6, 6.07) is 4.45. The Kier molecular flexibility index (Phi) is 17.1. The number of likely N-dealkylation sites (tertiary alicyclic amines) is 2. The summed E-state index contributed by atoms with van der Waals surface area (Å²) in [5, 5.41) is 8.84. The van der Waals surface area contributed by atoms with Gasteiger partial charge in [0.25, 0.3) is 11.8 Å². The maximum atomic E-state index is 14.4. The molecule has 11 atom stereocenters. The van der Waals surface area contributed by atoms with Crippen LogP contribution >= 0.6 is 0 Å². The van der Waals surface area contributed by atoms with Crippen LogP contribution in [0.1, 0.15) is 98.5 Å². The minimum atomic E-state index is -0.855. The number of hydrogen-bond donors (Lipinski definition) is 3. The molecule has 0 spiro atoms. The Labute approximate surface area is 373 Å². The summed E-state index contributed by atoms with van der Waals surface area (Å²) in [7, 11) is 6.81. The number of benzene rings is 1. The minimum Gasteiger partial charge on any atom is -0.379 e. The van der Waals surface area contributed by atoms with Gasteiger partial charge in [0.15, 0.2) is 0 Å². The van der Waals surface area contributed by atoms with Gasteiger partial charge >= 0.3 is 0 Å². The predicted molar refractivity (Wildman–Crippen MR) is 238 cm³/mol. The van der Waals surface area contributed by atoms with E-state index in [-0.39, 0.29) is 60.4 Å². The van der Waals surface area contributed by atoms with Crippen LogP contribution in [0.2, 0.25) is 0 Å². The fraction of sp³-hybridized carbons (Fsp3) is 0.681. The molecule has 0 unspecified atom stereocenters. The number of amides is 7. The summed E-state index contributed by atoms with van der Waals surface area (Å²) in [5.74, 6) is -2.70. The average Bonchev–Trinajstić information content (AvgIpc) is 4.08. The lowest BCUT2D eigenvalue weighted by molar-refractivity contribution is -0.148. The molecule has 2 bridgehead atoms. The van der Waals surface area contributed by atoms with E-state index >= 15 is 0 Å². The first kappa shape index (κ1) is 49.3. The first-order valence-electron chi connectivity index (χ1n) is 22.8. The monoisotopic (exact) mass is 878 g/mol. The number of fused-ring (bicyclic) bond motifs is 2. The Balaban J connectivity index is 1.20. The third-order valence-corrected chi connectivity index (χ3v) is 14.2. The van der Waals surface area contributed by atoms with Crippen molar-refractivity contribution in [2.45, 2.75) is 148 Å². The smallest absolute Gasteiger partial charge is 0.253 e. The molecular weight excluding hydrogens is 807 g/mol. The molecule has 3 N–H and O–H groups in total. The molecule has 7 amide bonds. The number of carbonyl (C=O) groups excluding carboxylic acids is 7. The lowest BCUT2D eigenvalue weighted by atomic mass is 9.89. The topological polar surface area (TPSA) is 187 Å². The van der Waals surface area contributed by atoms with Gasteiger partial charge in [0.1, 0.15) is 12.1 Å². The molecule has 1 saturated carbocycles. The highest BCUT2D eigenvalue weighted by Crippen LogP contribution is 2.41. The Morgan fingerprint density at radius 1 is 0.873 bits per heavy atom. The van der Waals surface area contributed by atoms with Crippen molar-refractivity contribution in [2.24, 2.45) is 23.7 Å². The molecular formula is C47H71N7O9. The van der Waals surface area contributed by atoms with Gasteiger partial charge < -0.3 is 35.2 Å². The molecule has 348 valence electrons. The number of imide groups is 1. The molecule has 16 nitrogen and oxygen atoms in total. The van der Waals surface area contributed by atoms with Gasteiger partial charge in [-0.2, -0.15) is 0 Å². The average molecular weight is 878 g/mol. The zero-order valence-corrected chi connectivity index (χ0v) is 38.9. The van der Waals surface area contributed by atoms with Crippen molar-refractivity contribution in [3.63, 3.8) is 0 Å². The van der Waals surface area contributed by atoms with Gasteiger partial charge in [-0.25, -0.2) is 0 Å². The third kappa shape index (κ3) is 11.2. The second-order valence-electron chi connectivity index (χ2n) is 18.4. The number of nitrogens with zero attached hydrogens (tertiary/aromatic N) is 4. The second kappa shape index (κ2) is 21.8. The zero-order chi connectivity index (χ0) is 46.3. The Hall–Kier alpha value is -4.67. The molecule has 0 radical (unpaired) electrons. The van der Waals surface area contributed by atoms with E-state index in [1.807, 2.05) is 34.7 Å². The Morgan fingerprint density at radius 3 is 2.10 bits per heavy atom. The van der Waals surface area contributed by atoms with E-state index < -0.39 is 54.1 Å². The molecule has 3 fully saturated rings. The van der Waals surface area contributed by atoms with E-state index in [1.54, 1.807) is 62.1 Å². The molecule has 1 aromatic carbocycles. The highest BCUT2D eigenvalue weighted by atomic mass is 16.5. The van der Waals surface area contributed by atoms with Crippen LogP contribution < -0.4 is 16.0 Å². The fourth-order valence-electron chi connectivity index (χ4n) is 10.2. The maximum absolute atomic E-state index is 14.4. The molecule has 2 saturated heterocycles. The summed E-state index contributed by atoms with van der Waals surface area (Å²) < 4.78 is 12.0. The largest absolute Gasteiger partial charge is 0.379 e. The van der Waals surface area contributed by atoms with Crippen molar-refractivity contribution in [3.05, 3.63) is 42.0 Å². The van der Waals surface area contributed by atoms with Crippen LogP contribution in [0.5, 0.6) is 0 Å². The lowest BCUT2D eigenvalue weighted by Gasteiger charge is -2.41. The minimum absolute atomic E-state index is 0.00392. The van der Waals surface area contributed by atoms with Crippen LogP contribution in [0.4, 0.5) is 5.69 Å². The molecule has 1 aliphatic carbocycles. The fourth-order valence-corrected chi connectivity index (χ4v) is 10.2. The van der Waals surface area contributed by atoms with Gasteiger partial charge in [-0.05, 0) is 81.0 Å². The van der Waals surface area contributed by atoms with Crippen molar-refractivity contribution < 1.29 is 43.0 Å².